The average molecular weight is 257 g/mol. The fraction of sp³-hybridized carbons (Fsp3) is 0.167. The molecule has 0 spiro atoms. The average Bonchev–Trinajstić information content (AvgIpc) is 2.94. The van der Waals surface area contributed by atoms with Gasteiger partial charge in [-0.1, -0.05) is 0 Å². The van der Waals surface area contributed by atoms with Gasteiger partial charge >= 0.3 is 5.97 Å². The van der Waals surface area contributed by atoms with Gasteiger partial charge in [0.2, 0.25) is 0 Å². The van der Waals surface area contributed by atoms with Crippen molar-refractivity contribution in [2.75, 3.05) is 0 Å². The summed E-state index contributed by atoms with van der Waals surface area (Å²) in [4.78, 5) is 19.4. The van der Waals surface area contributed by atoms with E-state index in [9.17, 15) is 4.79 Å². The van der Waals surface area contributed by atoms with Crippen molar-refractivity contribution in [1.82, 2.24) is 24.1 Å². The molecule has 3 aromatic heterocycles. The molecule has 0 aromatic carbocycles. The van der Waals surface area contributed by atoms with Gasteiger partial charge in [0.25, 0.3) is 0 Å². The number of aryl methyl sites for hydroxylation is 2. The molecule has 19 heavy (non-hydrogen) atoms. The first kappa shape index (κ1) is 11.4. The van der Waals surface area contributed by atoms with Crippen molar-refractivity contribution >= 4 is 11.6 Å². The molecule has 3 aromatic rings. The molecule has 0 bridgehead atoms. The Bertz CT molecular complexity index is 787. The molecule has 7 nitrogen and oxygen atoms in total. The Balaban J connectivity index is 2.31. The normalized spacial score (nSPS) is 11.1. The molecular weight excluding hydrogens is 246 g/mol. The van der Waals surface area contributed by atoms with E-state index in [-0.39, 0.29) is 5.69 Å². The molecule has 3 rings (SSSR count). The number of hydrogen-bond acceptors (Lipinski definition) is 4. The van der Waals surface area contributed by atoms with E-state index in [1.54, 1.807) is 15.3 Å². The summed E-state index contributed by atoms with van der Waals surface area (Å²) in [7, 11) is 1.81. The highest BCUT2D eigenvalue weighted by molar-refractivity contribution is 5.92. The van der Waals surface area contributed by atoms with Crippen molar-refractivity contribution in [3.05, 3.63) is 36.0 Å². The summed E-state index contributed by atoms with van der Waals surface area (Å²) < 4.78 is 3.35. The van der Waals surface area contributed by atoms with Crippen LogP contribution in [0, 0.1) is 6.92 Å². The second kappa shape index (κ2) is 3.91. The standard InChI is InChI=1S/C12H11N5O2/c1-7-5-8(9-3-4-14-16(9)2)15-11-10(12(18)19)13-6-17(7)11/h3-6H,1-2H3,(H,18,19). The summed E-state index contributed by atoms with van der Waals surface area (Å²) in [5, 5.41) is 13.2. The largest absolute Gasteiger partial charge is 0.476 e. The molecule has 0 radical (unpaired) electrons. The van der Waals surface area contributed by atoms with Crippen LogP contribution in [0.2, 0.25) is 0 Å². The van der Waals surface area contributed by atoms with Gasteiger partial charge in [-0.25, -0.2) is 14.8 Å². The van der Waals surface area contributed by atoms with Gasteiger partial charge in [-0.15, -0.1) is 0 Å². The minimum absolute atomic E-state index is 0.0490. The Kier molecular flexibility index (Phi) is 2.34. The molecule has 0 unspecified atom stereocenters. The van der Waals surface area contributed by atoms with E-state index >= 15 is 0 Å². The fourth-order valence-electron chi connectivity index (χ4n) is 2.03. The highest BCUT2D eigenvalue weighted by atomic mass is 16.4. The van der Waals surface area contributed by atoms with E-state index in [1.807, 2.05) is 26.1 Å². The number of rotatable bonds is 2. The number of fused-ring (bicyclic) bond motifs is 1. The monoisotopic (exact) mass is 257 g/mol. The van der Waals surface area contributed by atoms with Gasteiger partial charge in [0, 0.05) is 18.9 Å². The third-order valence-electron chi connectivity index (χ3n) is 2.98. The second-order valence-corrected chi connectivity index (χ2v) is 4.21. The quantitative estimate of drug-likeness (QED) is 0.744. The number of carboxylic acid groups (broad SMARTS) is 1. The van der Waals surface area contributed by atoms with Crippen LogP contribution in [0.5, 0.6) is 0 Å². The first-order chi connectivity index (χ1) is 9.08. The number of aromatic nitrogens is 5. The van der Waals surface area contributed by atoms with Crippen LogP contribution in [0.3, 0.4) is 0 Å². The minimum Gasteiger partial charge on any atom is -0.476 e. The van der Waals surface area contributed by atoms with Gasteiger partial charge in [-0.3, -0.25) is 9.08 Å². The number of imidazole rings is 1. The highest BCUT2D eigenvalue weighted by Crippen LogP contribution is 2.20. The Morgan fingerprint density at radius 1 is 1.42 bits per heavy atom. The molecule has 0 fully saturated rings. The van der Waals surface area contributed by atoms with Crippen molar-refractivity contribution in [3.63, 3.8) is 0 Å². The second-order valence-electron chi connectivity index (χ2n) is 4.21. The van der Waals surface area contributed by atoms with Crippen LogP contribution < -0.4 is 0 Å². The molecule has 0 aliphatic rings. The first-order valence-corrected chi connectivity index (χ1v) is 5.64. The van der Waals surface area contributed by atoms with Gasteiger partial charge in [0.05, 0.1) is 11.4 Å². The highest BCUT2D eigenvalue weighted by Gasteiger charge is 2.16. The third-order valence-corrected chi connectivity index (χ3v) is 2.98. The van der Waals surface area contributed by atoms with Crippen LogP contribution in [0.1, 0.15) is 16.2 Å². The lowest BCUT2D eigenvalue weighted by Crippen LogP contribution is -2.03. The van der Waals surface area contributed by atoms with Crippen molar-refractivity contribution < 1.29 is 9.90 Å². The maximum absolute atomic E-state index is 11.1. The van der Waals surface area contributed by atoms with Crippen molar-refractivity contribution in [2.24, 2.45) is 7.05 Å². The zero-order chi connectivity index (χ0) is 13.6. The molecule has 0 aliphatic carbocycles. The van der Waals surface area contributed by atoms with Gasteiger partial charge in [0.1, 0.15) is 6.33 Å². The summed E-state index contributed by atoms with van der Waals surface area (Å²) in [5.41, 5.74) is 2.65. The van der Waals surface area contributed by atoms with E-state index < -0.39 is 5.97 Å². The van der Waals surface area contributed by atoms with Crippen LogP contribution in [-0.4, -0.2) is 35.2 Å². The molecule has 96 valence electrons. The van der Waals surface area contributed by atoms with E-state index in [0.717, 1.165) is 11.4 Å². The Morgan fingerprint density at radius 2 is 2.21 bits per heavy atom. The van der Waals surface area contributed by atoms with Gasteiger partial charge in [0.15, 0.2) is 11.3 Å². The molecule has 0 saturated heterocycles. The number of hydrogen-bond donors (Lipinski definition) is 1. The summed E-state index contributed by atoms with van der Waals surface area (Å²) in [6, 6.07) is 3.70. The van der Waals surface area contributed by atoms with E-state index in [0.29, 0.717) is 11.3 Å². The van der Waals surface area contributed by atoms with Gasteiger partial charge < -0.3 is 5.11 Å². The zero-order valence-corrected chi connectivity index (χ0v) is 10.4. The van der Waals surface area contributed by atoms with E-state index in [4.69, 9.17) is 5.11 Å². The molecule has 1 N–H and O–H groups in total. The van der Waals surface area contributed by atoms with Crippen LogP contribution in [-0.2, 0) is 7.05 Å². The Hall–Kier alpha value is -2.70. The van der Waals surface area contributed by atoms with E-state index in [2.05, 4.69) is 15.1 Å². The molecule has 0 saturated carbocycles. The van der Waals surface area contributed by atoms with Crippen LogP contribution in [0.25, 0.3) is 17.0 Å². The molecule has 7 heteroatoms. The van der Waals surface area contributed by atoms with Gasteiger partial charge in [-0.2, -0.15) is 5.10 Å². The smallest absolute Gasteiger partial charge is 0.358 e. The van der Waals surface area contributed by atoms with Crippen molar-refractivity contribution in [3.8, 4) is 11.4 Å². The van der Waals surface area contributed by atoms with Crippen LogP contribution >= 0.6 is 0 Å². The predicted molar refractivity (Wildman–Crippen MR) is 66.9 cm³/mol. The number of carbonyl (C=O) groups is 1. The fourth-order valence-corrected chi connectivity index (χ4v) is 2.03. The van der Waals surface area contributed by atoms with E-state index in [1.165, 1.54) is 6.33 Å². The lowest BCUT2D eigenvalue weighted by atomic mass is 10.2. The number of aromatic carboxylic acids is 1. The molecule has 0 amide bonds. The van der Waals surface area contributed by atoms with Crippen molar-refractivity contribution in [1.29, 1.82) is 0 Å². The minimum atomic E-state index is -1.09. The van der Waals surface area contributed by atoms with Gasteiger partial charge in [-0.05, 0) is 19.1 Å². The number of nitrogens with zero attached hydrogens (tertiary/aromatic N) is 5. The summed E-state index contributed by atoms with van der Waals surface area (Å²) in [6.45, 7) is 1.88. The SMILES string of the molecule is Cc1cc(-c2ccnn2C)nc2c(C(=O)O)ncn12. The number of carboxylic acids is 1. The third kappa shape index (κ3) is 1.67. The van der Waals surface area contributed by atoms with Crippen LogP contribution in [0.4, 0.5) is 0 Å². The topological polar surface area (TPSA) is 85.3 Å². The first-order valence-electron chi connectivity index (χ1n) is 5.64. The zero-order valence-electron chi connectivity index (χ0n) is 10.4. The Morgan fingerprint density at radius 3 is 2.84 bits per heavy atom. The Labute approximate surface area is 108 Å². The maximum Gasteiger partial charge on any atom is 0.358 e. The molecule has 0 aliphatic heterocycles. The van der Waals surface area contributed by atoms with Crippen molar-refractivity contribution in [2.45, 2.75) is 6.92 Å². The predicted octanol–water partition coefficient (Wildman–Crippen LogP) is 1.14. The molecule has 0 atom stereocenters. The molecular formula is C12H11N5O2. The summed E-state index contributed by atoms with van der Waals surface area (Å²) >= 11 is 0. The lowest BCUT2D eigenvalue weighted by Gasteiger charge is -2.05. The lowest BCUT2D eigenvalue weighted by molar-refractivity contribution is 0.0693. The summed E-state index contributed by atoms with van der Waals surface area (Å²) in [5.74, 6) is -1.09. The maximum atomic E-state index is 11.1. The summed E-state index contributed by atoms with van der Waals surface area (Å²) in [6.07, 6.45) is 3.14. The molecule has 3 heterocycles. The van der Waals surface area contributed by atoms with Crippen LogP contribution in [0.15, 0.2) is 24.7 Å².